The van der Waals surface area contributed by atoms with Crippen molar-refractivity contribution < 1.29 is 39.8 Å². The summed E-state index contributed by atoms with van der Waals surface area (Å²) in [4.78, 5) is 11.2. The van der Waals surface area contributed by atoms with Crippen LogP contribution < -0.4 is 10.5 Å². The normalized spacial score (nSPS) is 33.1. The van der Waals surface area contributed by atoms with Gasteiger partial charge in [-0.2, -0.15) is 0 Å². The number of nitrogens with two attached hydrogens (primary N) is 1. The van der Waals surface area contributed by atoms with Gasteiger partial charge >= 0.3 is 5.97 Å². The number of carboxylic acid groups (broad SMARTS) is 1. The lowest BCUT2D eigenvalue weighted by Crippen LogP contribution is -2.61. The van der Waals surface area contributed by atoms with Gasteiger partial charge in [-0.3, -0.25) is 0 Å². The smallest absolute Gasteiger partial charge is 0.335 e. The number of ether oxygens (including phenoxy) is 2. The zero-order valence-electron chi connectivity index (χ0n) is 16.1. The van der Waals surface area contributed by atoms with E-state index in [0.717, 1.165) is 24.8 Å². The molecule has 0 amide bonds. The van der Waals surface area contributed by atoms with Crippen molar-refractivity contribution in [1.82, 2.24) is 0 Å². The van der Waals surface area contributed by atoms with Crippen LogP contribution in [0.5, 0.6) is 5.75 Å². The summed E-state index contributed by atoms with van der Waals surface area (Å²) < 4.78 is 10.6. The van der Waals surface area contributed by atoms with Gasteiger partial charge in [0.25, 0.3) is 0 Å². The molecular formula is C20H29NO8. The van der Waals surface area contributed by atoms with Crippen molar-refractivity contribution in [2.75, 3.05) is 6.54 Å². The molecule has 1 heterocycles. The lowest BCUT2D eigenvalue weighted by atomic mass is 9.73. The third-order valence-corrected chi connectivity index (χ3v) is 5.95. The number of carbonyl (C=O) groups is 1. The second kappa shape index (κ2) is 8.95. The Morgan fingerprint density at radius 2 is 1.72 bits per heavy atom. The van der Waals surface area contributed by atoms with E-state index in [4.69, 9.17) is 20.3 Å². The van der Waals surface area contributed by atoms with Crippen LogP contribution in [0.25, 0.3) is 0 Å². The molecule has 1 saturated carbocycles. The van der Waals surface area contributed by atoms with Crippen LogP contribution in [-0.2, 0) is 9.53 Å². The van der Waals surface area contributed by atoms with Crippen LogP contribution in [-0.4, -0.2) is 74.4 Å². The van der Waals surface area contributed by atoms with Gasteiger partial charge in [0.2, 0.25) is 6.29 Å². The molecule has 0 aromatic heterocycles. The van der Waals surface area contributed by atoms with E-state index in [1.165, 1.54) is 0 Å². The monoisotopic (exact) mass is 411 g/mol. The molecule has 1 aromatic carbocycles. The Kier molecular flexibility index (Phi) is 6.77. The number of hydrogen-bond donors (Lipinski definition) is 6. The Balaban J connectivity index is 1.72. The van der Waals surface area contributed by atoms with Gasteiger partial charge in [0.15, 0.2) is 6.10 Å². The van der Waals surface area contributed by atoms with Gasteiger partial charge in [-0.1, -0.05) is 31.4 Å². The molecule has 2 aliphatic rings. The summed E-state index contributed by atoms with van der Waals surface area (Å²) in [7, 11) is 0. The molecule has 0 radical (unpaired) electrons. The fourth-order valence-corrected chi connectivity index (χ4v) is 4.24. The summed E-state index contributed by atoms with van der Waals surface area (Å²) in [5.41, 5.74) is 5.96. The fourth-order valence-electron chi connectivity index (χ4n) is 4.24. The molecule has 1 aliphatic carbocycles. The Morgan fingerprint density at radius 1 is 1.10 bits per heavy atom. The average Bonchev–Trinajstić information content (AvgIpc) is 2.70. The summed E-state index contributed by atoms with van der Waals surface area (Å²) in [6, 6.07) is 6.73. The van der Waals surface area contributed by atoms with Gasteiger partial charge in [0.05, 0.1) is 5.60 Å². The van der Waals surface area contributed by atoms with E-state index in [-0.39, 0.29) is 11.7 Å². The Hall–Kier alpha value is -1.75. The first-order valence-corrected chi connectivity index (χ1v) is 9.88. The highest BCUT2D eigenvalue weighted by Crippen LogP contribution is 2.39. The molecule has 3 rings (SSSR count). The largest absolute Gasteiger partial charge is 0.479 e. The Bertz CT molecular complexity index is 690. The second-order valence-electron chi connectivity index (χ2n) is 7.87. The number of carboxylic acids is 1. The maximum absolute atomic E-state index is 11.2. The van der Waals surface area contributed by atoms with Crippen molar-refractivity contribution in [1.29, 1.82) is 0 Å². The van der Waals surface area contributed by atoms with Crippen LogP contribution in [0, 0.1) is 0 Å². The van der Waals surface area contributed by atoms with E-state index in [1.807, 2.05) is 0 Å². The van der Waals surface area contributed by atoms with Crippen molar-refractivity contribution in [3.05, 3.63) is 29.8 Å². The number of hydrogen-bond acceptors (Lipinski definition) is 8. The number of rotatable bonds is 6. The predicted octanol–water partition coefficient (Wildman–Crippen LogP) is -0.305. The minimum Gasteiger partial charge on any atom is -0.479 e. The molecule has 2 unspecified atom stereocenters. The molecule has 162 valence electrons. The molecule has 0 spiro atoms. The van der Waals surface area contributed by atoms with Crippen molar-refractivity contribution in [3.63, 3.8) is 0 Å². The maximum atomic E-state index is 11.2. The molecule has 7 N–H and O–H groups in total. The highest BCUT2D eigenvalue weighted by atomic mass is 16.7. The number of benzene rings is 1. The van der Waals surface area contributed by atoms with E-state index < -0.39 is 42.3 Å². The first-order valence-electron chi connectivity index (χ1n) is 9.88. The lowest BCUT2D eigenvalue weighted by molar-refractivity contribution is -0.271. The summed E-state index contributed by atoms with van der Waals surface area (Å²) in [6.45, 7) is 0.297. The number of aliphatic hydroxyl groups is 4. The molecule has 29 heavy (non-hydrogen) atoms. The fraction of sp³-hybridized carbons (Fsp3) is 0.650. The highest BCUT2D eigenvalue weighted by molar-refractivity contribution is 5.73. The van der Waals surface area contributed by atoms with Gasteiger partial charge in [0, 0.05) is 12.5 Å². The van der Waals surface area contributed by atoms with Gasteiger partial charge in [0.1, 0.15) is 24.1 Å². The van der Waals surface area contributed by atoms with E-state index in [1.54, 1.807) is 24.3 Å². The summed E-state index contributed by atoms with van der Waals surface area (Å²) in [5, 5.41) is 49.8. The first-order chi connectivity index (χ1) is 13.8. The molecule has 1 saturated heterocycles. The van der Waals surface area contributed by atoms with Crippen molar-refractivity contribution in [2.24, 2.45) is 5.73 Å². The molecule has 9 nitrogen and oxygen atoms in total. The summed E-state index contributed by atoms with van der Waals surface area (Å²) in [6.07, 6.45) is -3.88. The van der Waals surface area contributed by atoms with Crippen LogP contribution >= 0.6 is 0 Å². The zero-order chi connectivity index (χ0) is 21.2. The van der Waals surface area contributed by atoms with E-state index in [2.05, 4.69) is 0 Å². The molecule has 1 aromatic rings. The van der Waals surface area contributed by atoms with Gasteiger partial charge in [-0.25, -0.2) is 4.79 Å². The van der Waals surface area contributed by atoms with Crippen LogP contribution in [0.2, 0.25) is 0 Å². The highest BCUT2D eigenvalue weighted by Gasteiger charge is 2.48. The van der Waals surface area contributed by atoms with Crippen LogP contribution in [0.15, 0.2) is 24.3 Å². The second-order valence-corrected chi connectivity index (χ2v) is 7.87. The zero-order valence-corrected chi connectivity index (χ0v) is 16.1. The Labute approximate surface area is 168 Å². The molecule has 0 bridgehead atoms. The van der Waals surface area contributed by atoms with Crippen molar-refractivity contribution >= 4 is 5.97 Å². The van der Waals surface area contributed by atoms with E-state index in [9.17, 15) is 25.2 Å². The number of aliphatic hydroxyl groups excluding tert-OH is 3. The van der Waals surface area contributed by atoms with E-state index >= 15 is 0 Å². The van der Waals surface area contributed by atoms with Gasteiger partial charge in [-0.15, -0.1) is 0 Å². The molecule has 6 atom stereocenters. The third-order valence-electron chi connectivity index (χ3n) is 5.95. The van der Waals surface area contributed by atoms with Gasteiger partial charge < -0.3 is 40.7 Å². The van der Waals surface area contributed by atoms with Crippen molar-refractivity contribution in [3.8, 4) is 5.75 Å². The van der Waals surface area contributed by atoms with Crippen molar-refractivity contribution in [2.45, 2.75) is 74.3 Å². The van der Waals surface area contributed by atoms with E-state index in [0.29, 0.717) is 19.4 Å². The Morgan fingerprint density at radius 3 is 2.28 bits per heavy atom. The van der Waals surface area contributed by atoms with Gasteiger partial charge in [-0.05, 0) is 30.5 Å². The molecule has 2 fully saturated rings. The van der Waals surface area contributed by atoms with Crippen LogP contribution in [0.4, 0.5) is 0 Å². The standard InChI is InChI=1S/C20H29NO8/c21-10-13(20(27)8-2-1-3-9-20)11-4-6-12(7-5-11)28-19-16(24)14(22)15(23)17(29-19)18(25)26/h4-7,13-17,19,22-24,27H,1-3,8-10,21H2,(H,25,26)/t13?,14-,15-,16-,17?,19+/m0/s1. The molecule has 1 aliphatic heterocycles. The average molecular weight is 411 g/mol. The van der Waals surface area contributed by atoms with Crippen LogP contribution in [0.1, 0.15) is 43.6 Å². The first kappa shape index (κ1) is 21.9. The van der Waals surface area contributed by atoms with Crippen LogP contribution in [0.3, 0.4) is 0 Å². The molecule has 9 heteroatoms. The predicted molar refractivity (Wildman–Crippen MR) is 101 cm³/mol. The topological polar surface area (TPSA) is 163 Å². The summed E-state index contributed by atoms with van der Waals surface area (Å²) >= 11 is 0. The SMILES string of the molecule is NCC(c1ccc(O[C@@H]2OC(C(=O)O)[C@@H](O)[C@H](O)[C@@H]2O)cc1)C1(O)CCCCC1. The maximum Gasteiger partial charge on any atom is 0.335 e. The minimum atomic E-state index is -1.77. The lowest BCUT2D eigenvalue weighted by Gasteiger charge is -2.39. The molecular weight excluding hydrogens is 382 g/mol. The minimum absolute atomic E-state index is 0.221. The quantitative estimate of drug-likeness (QED) is 0.369. The summed E-state index contributed by atoms with van der Waals surface area (Å²) in [5.74, 6) is -1.42. The third kappa shape index (κ3) is 4.55. The number of aliphatic carboxylic acids is 1.